The summed E-state index contributed by atoms with van der Waals surface area (Å²) in [5.41, 5.74) is 4.04. The van der Waals surface area contributed by atoms with Crippen LogP contribution in [0.4, 0.5) is 27.5 Å². The first-order valence-electron chi connectivity index (χ1n) is 14.0. The number of nitrogens with one attached hydrogen (secondary N) is 2. The van der Waals surface area contributed by atoms with Crippen LogP contribution in [-0.4, -0.2) is 40.2 Å². The van der Waals surface area contributed by atoms with Crippen molar-refractivity contribution in [2.24, 2.45) is 7.05 Å². The van der Waals surface area contributed by atoms with Crippen LogP contribution in [0.2, 0.25) is 5.02 Å². The second-order valence-corrected chi connectivity index (χ2v) is 15.5. The summed E-state index contributed by atoms with van der Waals surface area (Å²) in [5, 5.41) is 11.4. The number of hydrogen-bond acceptors (Lipinski definition) is 7. The Bertz CT molecular complexity index is 1880. The molecule has 0 fully saturated rings. The molecule has 0 aliphatic rings. The molecule has 2 N–H and O–H groups in total. The highest BCUT2D eigenvalue weighted by molar-refractivity contribution is 7.70. The Morgan fingerprint density at radius 1 is 0.977 bits per heavy atom. The summed E-state index contributed by atoms with van der Waals surface area (Å²) >= 11 is 6.52. The fourth-order valence-electron chi connectivity index (χ4n) is 4.98. The van der Waals surface area contributed by atoms with Gasteiger partial charge in [0.25, 0.3) is 0 Å². The molecule has 3 aromatic carbocycles. The van der Waals surface area contributed by atoms with E-state index >= 15 is 4.39 Å². The van der Waals surface area contributed by atoms with Crippen molar-refractivity contribution < 1.29 is 13.7 Å². The lowest BCUT2D eigenvalue weighted by Gasteiger charge is -2.26. The summed E-state index contributed by atoms with van der Waals surface area (Å²) in [5.74, 6) is 0.134. The van der Waals surface area contributed by atoms with Crippen molar-refractivity contribution in [1.29, 1.82) is 0 Å². The maximum absolute atomic E-state index is 16.5. The fourth-order valence-corrected chi connectivity index (χ4v) is 6.27. The standard InChI is InChI=1S/C33H35ClFN6O2P/c1-33(2,3)23-16-26(43-5)30(29(35)28(23)22-17-37-41(4)19-22)39-32-36-18-24(34)31(40-32)38-25-14-13-21(15-27(25)44(6,7)42)20-11-9-8-10-12-20/h8-19H,1-7H3,(H2,36,38,39,40). The second-order valence-electron chi connectivity index (χ2n) is 11.9. The average molecular weight is 633 g/mol. The first-order chi connectivity index (χ1) is 20.8. The van der Waals surface area contributed by atoms with Gasteiger partial charge in [-0.15, -0.1) is 0 Å². The SMILES string of the molecule is COc1cc(C(C)(C)C)c(-c2cnn(C)c2)c(F)c1Nc1ncc(Cl)c(Nc2ccc(-c3ccccc3)cc2P(C)(C)=O)n1. The van der Waals surface area contributed by atoms with Crippen LogP contribution in [0.3, 0.4) is 0 Å². The Balaban J connectivity index is 1.55. The molecule has 0 radical (unpaired) electrons. The monoisotopic (exact) mass is 632 g/mol. The van der Waals surface area contributed by atoms with Crippen molar-refractivity contribution >= 4 is 47.2 Å². The summed E-state index contributed by atoms with van der Waals surface area (Å²) in [6.07, 6.45) is 4.82. The van der Waals surface area contributed by atoms with Crippen LogP contribution in [0.15, 0.2) is 73.2 Å². The molecule has 2 heterocycles. The molecule has 0 saturated carbocycles. The van der Waals surface area contributed by atoms with Gasteiger partial charge in [0.1, 0.15) is 23.6 Å². The van der Waals surface area contributed by atoms with Crippen LogP contribution in [0.5, 0.6) is 5.75 Å². The van der Waals surface area contributed by atoms with Crippen molar-refractivity contribution in [2.45, 2.75) is 26.2 Å². The van der Waals surface area contributed by atoms with E-state index in [1.54, 1.807) is 37.5 Å². The molecule has 44 heavy (non-hydrogen) atoms. The van der Waals surface area contributed by atoms with E-state index in [0.29, 0.717) is 27.9 Å². The van der Waals surface area contributed by atoms with E-state index < -0.39 is 18.4 Å². The van der Waals surface area contributed by atoms with E-state index in [2.05, 4.69) is 25.7 Å². The van der Waals surface area contributed by atoms with Gasteiger partial charge in [-0.1, -0.05) is 68.8 Å². The maximum atomic E-state index is 16.5. The maximum Gasteiger partial charge on any atom is 0.229 e. The van der Waals surface area contributed by atoms with Gasteiger partial charge < -0.3 is 19.9 Å². The van der Waals surface area contributed by atoms with Gasteiger partial charge in [-0.05, 0) is 53.6 Å². The lowest BCUT2D eigenvalue weighted by Crippen LogP contribution is -2.15. The van der Waals surface area contributed by atoms with Gasteiger partial charge in [0.2, 0.25) is 5.95 Å². The summed E-state index contributed by atoms with van der Waals surface area (Å²) < 4.78 is 37.1. The first kappa shape index (κ1) is 31.2. The zero-order valence-electron chi connectivity index (χ0n) is 25.7. The second kappa shape index (κ2) is 12.1. The van der Waals surface area contributed by atoms with E-state index in [4.69, 9.17) is 16.3 Å². The summed E-state index contributed by atoms with van der Waals surface area (Å²) in [6.45, 7) is 9.47. The Labute approximate surface area is 262 Å². The van der Waals surface area contributed by atoms with Gasteiger partial charge >= 0.3 is 0 Å². The lowest BCUT2D eigenvalue weighted by atomic mass is 9.81. The molecular weight excluding hydrogens is 598 g/mol. The lowest BCUT2D eigenvalue weighted by molar-refractivity contribution is 0.411. The minimum Gasteiger partial charge on any atom is -0.494 e. The number of methoxy groups -OCH3 is 1. The molecule has 0 unspecified atom stereocenters. The van der Waals surface area contributed by atoms with Gasteiger partial charge in [-0.3, -0.25) is 4.68 Å². The number of halogens is 2. The number of aromatic nitrogens is 4. The number of benzene rings is 3. The predicted octanol–water partition coefficient (Wildman–Crippen LogP) is 8.38. The van der Waals surface area contributed by atoms with E-state index in [9.17, 15) is 4.57 Å². The minimum atomic E-state index is -2.73. The number of nitrogens with zero attached hydrogens (tertiary/aromatic N) is 4. The molecule has 5 rings (SSSR count). The van der Waals surface area contributed by atoms with E-state index in [-0.39, 0.29) is 22.5 Å². The normalized spacial score (nSPS) is 11.8. The molecule has 228 valence electrons. The Morgan fingerprint density at radius 3 is 2.32 bits per heavy atom. The number of rotatable bonds is 8. The average Bonchev–Trinajstić information content (AvgIpc) is 3.40. The van der Waals surface area contributed by atoms with Crippen LogP contribution >= 0.6 is 18.7 Å². The Hall–Kier alpha value is -4.20. The topological polar surface area (TPSA) is 94.0 Å². The zero-order valence-corrected chi connectivity index (χ0v) is 27.4. The van der Waals surface area contributed by atoms with Crippen LogP contribution in [0, 0.1) is 5.82 Å². The van der Waals surface area contributed by atoms with Crippen LogP contribution in [0.1, 0.15) is 26.3 Å². The molecule has 5 aromatic rings. The van der Waals surface area contributed by atoms with Gasteiger partial charge in [-0.25, -0.2) is 9.37 Å². The first-order valence-corrected chi connectivity index (χ1v) is 17.0. The third-order valence-electron chi connectivity index (χ3n) is 7.17. The number of ether oxygens (including phenoxy) is 1. The summed E-state index contributed by atoms with van der Waals surface area (Å²) in [7, 11) is 0.543. The van der Waals surface area contributed by atoms with E-state index in [0.717, 1.165) is 16.7 Å². The summed E-state index contributed by atoms with van der Waals surface area (Å²) in [4.78, 5) is 8.87. The number of anilines is 4. The van der Waals surface area contributed by atoms with Gasteiger partial charge in [0.05, 0.1) is 25.2 Å². The van der Waals surface area contributed by atoms with E-state index in [1.165, 1.54) is 13.3 Å². The fraction of sp³-hybridized carbons (Fsp3) is 0.242. The van der Waals surface area contributed by atoms with Crippen LogP contribution in [-0.2, 0) is 17.0 Å². The molecule has 2 aromatic heterocycles. The molecule has 0 spiro atoms. The quantitative estimate of drug-likeness (QED) is 0.166. The van der Waals surface area contributed by atoms with Gasteiger partial charge in [0, 0.05) is 29.7 Å². The third kappa shape index (κ3) is 6.49. The molecule has 0 saturated heterocycles. The van der Waals surface area contributed by atoms with Gasteiger partial charge in [0.15, 0.2) is 11.6 Å². The molecule has 11 heteroatoms. The Kier molecular flexibility index (Phi) is 8.56. The minimum absolute atomic E-state index is 0.0761. The third-order valence-corrected chi connectivity index (χ3v) is 8.98. The van der Waals surface area contributed by atoms with Gasteiger partial charge in [-0.2, -0.15) is 10.1 Å². The van der Waals surface area contributed by atoms with Crippen LogP contribution in [0.25, 0.3) is 22.3 Å². The molecule has 0 aliphatic carbocycles. The Morgan fingerprint density at radius 2 is 1.70 bits per heavy atom. The predicted molar refractivity (Wildman–Crippen MR) is 178 cm³/mol. The molecule has 0 atom stereocenters. The van der Waals surface area contributed by atoms with Crippen LogP contribution < -0.4 is 20.7 Å². The highest BCUT2D eigenvalue weighted by Crippen LogP contribution is 2.44. The highest BCUT2D eigenvalue weighted by atomic mass is 35.5. The molecule has 0 bridgehead atoms. The molecule has 0 amide bonds. The summed E-state index contributed by atoms with van der Waals surface area (Å²) in [6, 6.07) is 17.4. The molecule has 0 aliphatic heterocycles. The molecule has 8 nitrogen and oxygen atoms in total. The smallest absolute Gasteiger partial charge is 0.229 e. The van der Waals surface area contributed by atoms with E-state index in [1.807, 2.05) is 75.4 Å². The zero-order chi connectivity index (χ0) is 31.8. The van der Waals surface area contributed by atoms with Crippen molar-refractivity contribution in [3.63, 3.8) is 0 Å². The molecular formula is C33H35ClFN6O2P. The highest BCUT2D eigenvalue weighted by Gasteiger charge is 2.28. The van der Waals surface area contributed by atoms with Crippen molar-refractivity contribution in [3.8, 4) is 28.0 Å². The van der Waals surface area contributed by atoms with Crippen molar-refractivity contribution in [2.75, 3.05) is 31.1 Å². The number of aryl methyl sites for hydroxylation is 1. The number of hydrogen-bond donors (Lipinski definition) is 2. The van der Waals surface area contributed by atoms with Crippen molar-refractivity contribution in [3.05, 3.63) is 89.6 Å². The largest absolute Gasteiger partial charge is 0.494 e. The van der Waals surface area contributed by atoms with Crippen molar-refractivity contribution in [1.82, 2.24) is 19.7 Å².